The molecule has 0 fully saturated rings. The topological polar surface area (TPSA) is 56.5 Å². The molecule has 1 atom stereocenters. The van der Waals surface area contributed by atoms with Crippen LogP contribution in [0.4, 0.5) is 0 Å². The molecular weight excluding hydrogens is 208 g/mol. The molecule has 1 aliphatic carbocycles. The summed E-state index contributed by atoms with van der Waals surface area (Å²) < 4.78 is 10.1. The van der Waals surface area contributed by atoms with Crippen LogP contribution in [0, 0.1) is 0 Å². The first-order valence-corrected chi connectivity index (χ1v) is 5.46. The molecule has 2 rings (SSSR count). The minimum atomic E-state index is -0.481. The van der Waals surface area contributed by atoms with Crippen molar-refractivity contribution in [2.45, 2.75) is 32.6 Å². The maximum absolute atomic E-state index is 11.6. The molecule has 0 spiro atoms. The first kappa shape index (κ1) is 10.9. The number of hydrogen-bond acceptors (Lipinski definition) is 4. The maximum atomic E-state index is 11.6. The van der Waals surface area contributed by atoms with Crippen molar-refractivity contribution >= 4 is 11.8 Å². The Balaban J connectivity index is 2.42. The molecule has 0 bridgehead atoms. The van der Waals surface area contributed by atoms with Crippen molar-refractivity contribution in [1.29, 1.82) is 0 Å². The third kappa shape index (κ3) is 1.64. The van der Waals surface area contributed by atoms with Gasteiger partial charge in [-0.05, 0) is 19.3 Å². The largest absolute Gasteiger partial charge is 0.460 e. The predicted molar refractivity (Wildman–Crippen MR) is 56.6 cm³/mol. The van der Waals surface area contributed by atoms with Gasteiger partial charge in [0.25, 0.3) is 0 Å². The Kier molecular flexibility index (Phi) is 2.81. The molecular formula is C12H14O4. The van der Waals surface area contributed by atoms with Crippen LogP contribution in [0.2, 0.25) is 0 Å². The second-order valence-corrected chi connectivity index (χ2v) is 3.98. The molecule has 0 radical (unpaired) electrons. The molecule has 0 amide bonds. The van der Waals surface area contributed by atoms with E-state index in [1.165, 1.54) is 6.26 Å². The molecule has 1 aromatic heterocycles. The van der Waals surface area contributed by atoms with Crippen LogP contribution in [0.3, 0.4) is 0 Å². The van der Waals surface area contributed by atoms with E-state index in [0.717, 1.165) is 12.0 Å². The van der Waals surface area contributed by atoms with Gasteiger partial charge >= 0.3 is 5.97 Å². The number of carbonyl (C=O) groups is 2. The van der Waals surface area contributed by atoms with Gasteiger partial charge in [-0.1, -0.05) is 6.92 Å². The number of rotatable bonds is 2. The van der Waals surface area contributed by atoms with Gasteiger partial charge in [0.1, 0.15) is 6.26 Å². The third-order valence-electron chi connectivity index (χ3n) is 2.89. The standard InChI is InChI=1S/C12H14O4/c1-3-15-12(14)11-10-7(2)4-5-9(13)8(10)6-16-11/h6-7H,3-5H2,1-2H3. The van der Waals surface area contributed by atoms with Crippen molar-refractivity contribution in [3.63, 3.8) is 0 Å². The van der Waals surface area contributed by atoms with Crippen LogP contribution in [0.1, 0.15) is 59.1 Å². The van der Waals surface area contributed by atoms with Crippen molar-refractivity contribution < 1.29 is 18.7 Å². The average molecular weight is 222 g/mol. The van der Waals surface area contributed by atoms with Gasteiger partial charge in [-0.25, -0.2) is 4.79 Å². The maximum Gasteiger partial charge on any atom is 0.374 e. The fourth-order valence-corrected chi connectivity index (χ4v) is 2.05. The zero-order valence-electron chi connectivity index (χ0n) is 9.41. The molecule has 0 saturated carbocycles. The Hall–Kier alpha value is -1.58. The molecule has 0 aliphatic heterocycles. The van der Waals surface area contributed by atoms with Crippen molar-refractivity contribution in [2.75, 3.05) is 6.61 Å². The van der Waals surface area contributed by atoms with Gasteiger partial charge < -0.3 is 9.15 Å². The minimum Gasteiger partial charge on any atom is -0.460 e. The van der Waals surface area contributed by atoms with Crippen LogP contribution in [-0.4, -0.2) is 18.4 Å². The lowest BCUT2D eigenvalue weighted by molar-refractivity contribution is 0.0487. The number of Topliss-reactive ketones (excluding diaryl/α,β-unsaturated/α-hetero) is 1. The van der Waals surface area contributed by atoms with E-state index in [4.69, 9.17) is 9.15 Å². The average Bonchev–Trinajstić information content (AvgIpc) is 2.69. The zero-order chi connectivity index (χ0) is 11.7. The van der Waals surface area contributed by atoms with E-state index in [1.807, 2.05) is 6.92 Å². The van der Waals surface area contributed by atoms with E-state index in [1.54, 1.807) is 6.92 Å². The zero-order valence-corrected chi connectivity index (χ0v) is 9.41. The highest BCUT2D eigenvalue weighted by Gasteiger charge is 2.31. The summed E-state index contributed by atoms with van der Waals surface area (Å²) in [5.41, 5.74) is 1.26. The summed E-state index contributed by atoms with van der Waals surface area (Å²) in [6, 6.07) is 0. The van der Waals surface area contributed by atoms with Crippen LogP contribution in [0.25, 0.3) is 0 Å². The van der Waals surface area contributed by atoms with Crippen molar-refractivity contribution in [2.24, 2.45) is 0 Å². The predicted octanol–water partition coefficient (Wildman–Crippen LogP) is 2.54. The number of esters is 1. The van der Waals surface area contributed by atoms with E-state index >= 15 is 0 Å². The summed E-state index contributed by atoms with van der Waals surface area (Å²) in [7, 11) is 0. The van der Waals surface area contributed by atoms with Gasteiger partial charge in [-0.2, -0.15) is 0 Å². The molecule has 86 valence electrons. The van der Waals surface area contributed by atoms with Gasteiger partial charge in [0.05, 0.1) is 12.2 Å². The Labute approximate surface area is 93.6 Å². The van der Waals surface area contributed by atoms with Gasteiger partial charge in [-0.3, -0.25) is 4.79 Å². The van der Waals surface area contributed by atoms with Crippen molar-refractivity contribution in [3.8, 4) is 0 Å². The van der Waals surface area contributed by atoms with Gasteiger partial charge in [-0.15, -0.1) is 0 Å². The van der Waals surface area contributed by atoms with Crippen LogP contribution in [0.5, 0.6) is 0 Å². The summed E-state index contributed by atoms with van der Waals surface area (Å²) in [6.07, 6.45) is 2.66. The number of carbonyl (C=O) groups excluding carboxylic acids is 2. The van der Waals surface area contributed by atoms with Crippen LogP contribution >= 0.6 is 0 Å². The monoisotopic (exact) mass is 222 g/mol. The lowest BCUT2D eigenvalue weighted by atomic mass is 9.84. The van der Waals surface area contributed by atoms with Gasteiger partial charge in [0, 0.05) is 12.0 Å². The fourth-order valence-electron chi connectivity index (χ4n) is 2.05. The third-order valence-corrected chi connectivity index (χ3v) is 2.89. The number of fused-ring (bicyclic) bond motifs is 1. The van der Waals surface area contributed by atoms with Gasteiger partial charge in [0.15, 0.2) is 5.78 Å². The highest BCUT2D eigenvalue weighted by molar-refractivity contribution is 6.02. The second kappa shape index (κ2) is 4.12. The lowest BCUT2D eigenvalue weighted by Gasteiger charge is -2.17. The highest BCUT2D eigenvalue weighted by Crippen LogP contribution is 2.35. The number of hydrogen-bond donors (Lipinski definition) is 0. The van der Waals surface area contributed by atoms with Crippen molar-refractivity contribution in [1.82, 2.24) is 0 Å². The van der Waals surface area contributed by atoms with Crippen LogP contribution in [-0.2, 0) is 4.74 Å². The number of furan rings is 1. The molecule has 1 aromatic rings. The molecule has 4 nitrogen and oxygen atoms in total. The summed E-state index contributed by atoms with van der Waals surface area (Å²) >= 11 is 0. The Morgan fingerprint density at radius 1 is 1.62 bits per heavy atom. The molecule has 1 unspecified atom stereocenters. The molecule has 16 heavy (non-hydrogen) atoms. The SMILES string of the molecule is CCOC(=O)c1occ2c1C(C)CCC2=O. The van der Waals surface area contributed by atoms with Crippen LogP contribution in [0.15, 0.2) is 10.7 Å². The van der Waals surface area contributed by atoms with E-state index in [9.17, 15) is 9.59 Å². The quantitative estimate of drug-likeness (QED) is 0.721. The van der Waals surface area contributed by atoms with Crippen LogP contribution < -0.4 is 0 Å². The molecule has 0 aromatic carbocycles. The summed E-state index contributed by atoms with van der Waals surface area (Å²) in [5.74, 6) is -0.0686. The molecule has 0 N–H and O–H groups in total. The minimum absolute atomic E-state index is 0.0485. The number of ketones is 1. The smallest absolute Gasteiger partial charge is 0.374 e. The Morgan fingerprint density at radius 2 is 2.38 bits per heavy atom. The second-order valence-electron chi connectivity index (χ2n) is 3.98. The molecule has 4 heteroatoms. The molecule has 0 saturated heterocycles. The fraction of sp³-hybridized carbons (Fsp3) is 0.500. The first-order chi connectivity index (χ1) is 7.65. The summed E-state index contributed by atoms with van der Waals surface area (Å²) in [6.45, 7) is 4.03. The highest BCUT2D eigenvalue weighted by atomic mass is 16.5. The Bertz CT molecular complexity index is 430. The van der Waals surface area contributed by atoms with E-state index in [2.05, 4.69) is 0 Å². The van der Waals surface area contributed by atoms with Crippen molar-refractivity contribution in [3.05, 3.63) is 23.2 Å². The summed E-state index contributed by atoms with van der Waals surface area (Å²) in [4.78, 5) is 23.2. The Morgan fingerprint density at radius 3 is 3.06 bits per heavy atom. The van der Waals surface area contributed by atoms with E-state index in [-0.39, 0.29) is 17.5 Å². The summed E-state index contributed by atoms with van der Waals surface area (Å²) in [5, 5.41) is 0. The number of ether oxygens (including phenoxy) is 1. The lowest BCUT2D eigenvalue weighted by Crippen LogP contribution is -2.15. The van der Waals surface area contributed by atoms with E-state index in [0.29, 0.717) is 18.6 Å². The van der Waals surface area contributed by atoms with Gasteiger partial charge in [0.2, 0.25) is 5.76 Å². The van der Waals surface area contributed by atoms with E-state index < -0.39 is 5.97 Å². The molecule has 1 heterocycles. The first-order valence-electron chi connectivity index (χ1n) is 5.46. The normalized spacial score (nSPS) is 19.4. The molecule has 1 aliphatic rings.